The molecular formula is C13H13N3O2. The highest BCUT2D eigenvalue weighted by molar-refractivity contribution is 5.94. The number of benzene rings is 1. The zero-order valence-electron chi connectivity index (χ0n) is 10.2. The standard InChI is InChI=1S/C13H13N3O2/c1-14-12-10(13(17)18-2)8-15-11(16-12)9-6-4-3-5-7-9/h3-8H,1-2H3,(H,14,15,16). The van der Waals surface area contributed by atoms with Crippen LogP contribution in [0.25, 0.3) is 11.4 Å². The van der Waals surface area contributed by atoms with E-state index in [1.165, 1.54) is 13.3 Å². The number of nitrogens with one attached hydrogen (secondary N) is 1. The van der Waals surface area contributed by atoms with Crippen molar-refractivity contribution >= 4 is 11.8 Å². The number of anilines is 1. The van der Waals surface area contributed by atoms with Crippen molar-refractivity contribution in [3.05, 3.63) is 42.1 Å². The summed E-state index contributed by atoms with van der Waals surface area (Å²) in [6, 6.07) is 9.56. The number of hydrogen-bond acceptors (Lipinski definition) is 5. The highest BCUT2D eigenvalue weighted by Crippen LogP contribution is 2.19. The van der Waals surface area contributed by atoms with E-state index >= 15 is 0 Å². The molecule has 0 bridgehead atoms. The molecule has 5 nitrogen and oxygen atoms in total. The maximum absolute atomic E-state index is 11.5. The summed E-state index contributed by atoms with van der Waals surface area (Å²) in [7, 11) is 3.02. The summed E-state index contributed by atoms with van der Waals surface area (Å²) in [4.78, 5) is 20.0. The Morgan fingerprint density at radius 1 is 1.28 bits per heavy atom. The molecule has 0 radical (unpaired) electrons. The van der Waals surface area contributed by atoms with Gasteiger partial charge in [-0.3, -0.25) is 0 Å². The van der Waals surface area contributed by atoms with Gasteiger partial charge in [0.2, 0.25) is 0 Å². The van der Waals surface area contributed by atoms with Crippen molar-refractivity contribution in [3.8, 4) is 11.4 Å². The smallest absolute Gasteiger partial charge is 0.343 e. The summed E-state index contributed by atoms with van der Waals surface area (Å²) >= 11 is 0. The molecule has 0 unspecified atom stereocenters. The van der Waals surface area contributed by atoms with Crippen LogP contribution in [0.2, 0.25) is 0 Å². The van der Waals surface area contributed by atoms with E-state index < -0.39 is 5.97 Å². The molecule has 2 aromatic rings. The lowest BCUT2D eigenvalue weighted by molar-refractivity contribution is 0.0601. The third-order valence-corrected chi connectivity index (χ3v) is 2.46. The summed E-state index contributed by atoms with van der Waals surface area (Å²) in [6.07, 6.45) is 1.47. The molecule has 0 aliphatic carbocycles. The van der Waals surface area contributed by atoms with Gasteiger partial charge in [-0.25, -0.2) is 14.8 Å². The van der Waals surface area contributed by atoms with E-state index in [0.29, 0.717) is 17.2 Å². The van der Waals surface area contributed by atoms with Crippen molar-refractivity contribution < 1.29 is 9.53 Å². The molecule has 0 amide bonds. The maximum atomic E-state index is 11.5. The molecule has 1 aromatic heterocycles. The van der Waals surface area contributed by atoms with Crippen LogP contribution < -0.4 is 5.32 Å². The number of nitrogens with zero attached hydrogens (tertiary/aromatic N) is 2. The predicted octanol–water partition coefficient (Wildman–Crippen LogP) is 1.97. The largest absolute Gasteiger partial charge is 0.465 e. The van der Waals surface area contributed by atoms with E-state index in [1.807, 2.05) is 30.3 Å². The van der Waals surface area contributed by atoms with Gasteiger partial charge in [0.15, 0.2) is 5.82 Å². The minimum absolute atomic E-state index is 0.319. The van der Waals surface area contributed by atoms with Crippen LogP contribution in [0.4, 0.5) is 5.82 Å². The molecule has 1 N–H and O–H groups in total. The molecule has 0 fully saturated rings. The lowest BCUT2D eigenvalue weighted by Gasteiger charge is -2.07. The zero-order valence-corrected chi connectivity index (χ0v) is 10.2. The Balaban J connectivity index is 2.45. The van der Waals surface area contributed by atoms with Gasteiger partial charge in [0.25, 0.3) is 0 Å². The lowest BCUT2D eigenvalue weighted by Crippen LogP contribution is -2.09. The molecule has 18 heavy (non-hydrogen) atoms. The predicted molar refractivity (Wildman–Crippen MR) is 68.4 cm³/mol. The third-order valence-electron chi connectivity index (χ3n) is 2.46. The average Bonchev–Trinajstić information content (AvgIpc) is 2.46. The van der Waals surface area contributed by atoms with Crippen molar-refractivity contribution in [2.45, 2.75) is 0 Å². The van der Waals surface area contributed by atoms with Crippen molar-refractivity contribution in [1.29, 1.82) is 0 Å². The van der Waals surface area contributed by atoms with Gasteiger partial charge in [-0.05, 0) is 0 Å². The first-order chi connectivity index (χ1) is 8.76. The Morgan fingerprint density at radius 2 is 2.00 bits per heavy atom. The van der Waals surface area contributed by atoms with Gasteiger partial charge < -0.3 is 10.1 Å². The first-order valence-electron chi connectivity index (χ1n) is 5.44. The Bertz CT molecular complexity index is 555. The summed E-state index contributed by atoms with van der Waals surface area (Å²) < 4.78 is 4.67. The molecule has 92 valence electrons. The van der Waals surface area contributed by atoms with Gasteiger partial charge in [-0.2, -0.15) is 0 Å². The second kappa shape index (κ2) is 5.27. The lowest BCUT2D eigenvalue weighted by atomic mass is 10.2. The molecule has 0 spiro atoms. The fraction of sp³-hybridized carbons (Fsp3) is 0.154. The fourth-order valence-corrected chi connectivity index (χ4v) is 1.56. The van der Waals surface area contributed by atoms with Gasteiger partial charge in [0.1, 0.15) is 11.4 Å². The van der Waals surface area contributed by atoms with Crippen LogP contribution in [-0.2, 0) is 4.74 Å². The average molecular weight is 243 g/mol. The summed E-state index contributed by atoms with van der Waals surface area (Å²) in [5, 5.41) is 2.87. The minimum Gasteiger partial charge on any atom is -0.465 e. The van der Waals surface area contributed by atoms with Crippen LogP contribution in [0.1, 0.15) is 10.4 Å². The topological polar surface area (TPSA) is 64.1 Å². The summed E-state index contributed by atoms with van der Waals surface area (Å²) in [6.45, 7) is 0. The number of aromatic nitrogens is 2. The summed E-state index contributed by atoms with van der Waals surface area (Å²) in [5.41, 5.74) is 1.21. The number of carbonyl (C=O) groups is 1. The molecule has 0 aliphatic rings. The van der Waals surface area contributed by atoms with E-state index in [0.717, 1.165) is 5.56 Å². The van der Waals surface area contributed by atoms with Crippen molar-refractivity contribution in [2.24, 2.45) is 0 Å². The number of methoxy groups -OCH3 is 1. The number of rotatable bonds is 3. The SMILES string of the molecule is CNc1nc(-c2ccccc2)ncc1C(=O)OC. The van der Waals surface area contributed by atoms with Crippen LogP contribution in [0.15, 0.2) is 36.5 Å². The highest BCUT2D eigenvalue weighted by Gasteiger charge is 2.14. The number of esters is 1. The Labute approximate surface area is 105 Å². The van der Waals surface area contributed by atoms with Crippen LogP contribution in [0.3, 0.4) is 0 Å². The van der Waals surface area contributed by atoms with Crippen molar-refractivity contribution in [2.75, 3.05) is 19.5 Å². The molecule has 0 saturated carbocycles. The van der Waals surface area contributed by atoms with Crippen molar-refractivity contribution in [1.82, 2.24) is 9.97 Å². The molecule has 5 heteroatoms. The molecule has 1 heterocycles. The van der Waals surface area contributed by atoms with Crippen LogP contribution in [0, 0.1) is 0 Å². The Kier molecular flexibility index (Phi) is 3.52. The second-order valence-corrected chi connectivity index (χ2v) is 3.56. The van der Waals surface area contributed by atoms with E-state index in [9.17, 15) is 4.79 Å². The molecule has 0 saturated heterocycles. The first kappa shape index (κ1) is 12.0. The van der Waals surface area contributed by atoms with E-state index in [4.69, 9.17) is 0 Å². The molecule has 0 atom stereocenters. The molecule has 2 rings (SSSR count). The van der Waals surface area contributed by atoms with Crippen LogP contribution >= 0.6 is 0 Å². The van der Waals surface area contributed by atoms with E-state index in [1.54, 1.807) is 7.05 Å². The van der Waals surface area contributed by atoms with Gasteiger partial charge in [0.05, 0.1) is 7.11 Å². The number of ether oxygens (including phenoxy) is 1. The van der Waals surface area contributed by atoms with Gasteiger partial charge in [-0.1, -0.05) is 30.3 Å². The van der Waals surface area contributed by atoms with Gasteiger partial charge in [-0.15, -0.1) is 0 Å². The molecular weight excluding hydrogens is 230 g/mol. The first-order valence-corrected chi connectivity index (χ1v) is 5.44. The molecule has 1 aromatic carbocycles. The zero-order chi connectivity index (χ0) is 13.0. The van der Waals surface area contributed by atoms with E-state index in [2.05, 4.69) is 20.0 Å². The Hall–Kier alpha value is -2.43. The number of carbonyl (C=O) groups excluding carboxylic acids is 1. The van der Waals surface area contributed by atoms with E-state index in [-0.39, 0.29) is 0 Å². The Morgan fingerprint density at radius 3 is 2.61 bits per heavy atom. The summed E-state index contributed by atoms with van der Waals surface area (Å²) in [5.74, 6) is 0.558. The normalized spacial score (nSPS) is 9.89. The maximum Gasteiger partial charge on any atom is 0.343 e. The quantitative estimate of drug-likeness (QED) is 0.835. The number of hydrogen-bond donors (Lipinski definition) is 1. The van der Waals surface area contributed by atoms with Gasteiger partial charge >= 0.3 is 5.97 Å². The third kappa shape index (κ3) is 2.29. The van der Waals surface area contributed by atoms with Crippen molar-refractivity contribution in [3.63, 3.8) is 0 Å². The fourth-order valence-electron chi connectivity index (χ4n) is 1.56. The monoisotopic (exact) mass is 243 g/mol. The van der Waals surface area contributed by atoms with Crippen LogP contribution in [-0.4, -0.2) is 30.1 Å². The van der Waals surface area contributed by atoms with Gasteiger partial charge in [0, 0.05) is 18.8 Å². The highest BCUT2D eigenvalue weighted by atomic mass is 16.5. The van der Waals surface area contributed by atoms with Crippen LogP contribution in [0.5, 0.6) is 0 Å². The molecule has 0 aliphatic heterocycles. The minimum atomic E-state index is -0.459. The second-order valence-electron chi connectivity index (χ2n) is 3.56.